The first-order valence-electron chi connectivity index (χ1n) is 10.7. The van der Waals surface area contributed by atoms with Crippen LogP contribution in [0.5, 0.6) is 5.75 Å². The van der Waals surface area contributed by atoms with Crippen molar-refractivity contribution in [1.82, 2.24) is 10.3 Å². The van der Waals surface area contributed by atoms with Gasteiger partial charge >= 0.3 is 6.18 Å². The Hall–Kier alpha value is -3.04. The molecule has 1 atom stereocenters. The van der Waals surface area contributed by atoms with Gasteiger partial charge in [-0.25, -0.2) is 9.37 Å². The van der Waals surface area contributed by atoms with E-state index in [1.165, 1.54) is 25.3 Å². The first-order valence-corrected chi connectivity index (χ1v) is 10.7. The lowest BCUT2D eigenvalue weighted by Gasteiger charge is -2.33. The normalized spacial score (nSPS) is 15.9. The maximum absolute atomic E-state index is 14.1. The van der Waals surface area contributed by atoms with Gasteiger partial charge in [-0.15, -0.1) is 0 Å². The maximum Gasteiger partial charge on any atom is 0.433 e. The van der Waals surface area contributed by atoms with Crippen molar-refractivity contribution in [3.8, 4) is 5.75 Å². The van der Waals surface area contributed by atoms with Gasteiger partial charge in [-0.1, -0.05) is 13.0 Å². The summed E-state index contributed by atoms with van der Waals surface area (Å²) in [5, 5.41) is 2.73. The number of carbonyl (C=O) groups is 1. The minimum Gasteiger partial charge on any atom is -0.494 e. The third kappa shape index (κ3) is 5.66. The predicted octanol–water partition coefficient (Wildman–Crippen LogP) is 4.49. The van der Waals surface area contributed by atoms with Gasteiger partial charge in [-0.05, 0) is 49.4 Å². The molecule has 0 saturated carbocycles. The molecule has 1 fully saturated rings. The van der Waals surface area contributed by atoms with Crippen LogP contribution in [0.4, 0.5) is 29.1 Å². The standard InChI is InChI=1S/C23H28F4N4O2/c1-13-6-8-31(9-7-13)21-15(4-5-19(30-21)23(25,26)27)12-29-22(32)14(2)16-10-17(24)20(28)18(11-16)33-3/h4-5,10-11,13-14H,6-9,12,28H2,1-3H3,(H,29,32). The van der Waals surface area contributed by atoms with E-state index in [1.807, 2.05) is 4.90 Å². The van der Waals surface area contributed by atoms with Crippen LogP contribution in [0.1, 0.15) is 49.4 Å². The number of benzene rings is 1. The number of rotatable bonds is 6. The van der Waals surface area contributed by atoms with Gasteiger partial charge < -0.3 is 20.7 Å². The van der Waals surface area contributed by atoms with Crippen molar-refractivity contribution in [2.75, 3.05) is 30.8 Å². The van der Waals surface area contributed by atoms with Gasteiger partial charge in [0.15, 0.2) is 0 Å². The summed E-state index contributed by atoms with van der Waals surface area (Å²) < 4.78 is 58.9. The number of nitrogens with zero attached hydrogens (tertiary/aromatic N) is 2. The number of ether oxygens (including phenoxy) is 1. The number of aromatic nitrogens is 1. The Balaban J connectivity index is 1.80. The molecule has 0 aliphatic carbocycles. The van der Waals surface area contributed by atoms with Crippen LogP contribution in [-0.4, -0.2) is 31.1 Å². The smallest absolute Gasteiger partial charge is 0.433 e. The largest absolute Gasteiger partial charge is 0.494 e. The van der Waals surface area contributed by atoms with E-state index in [0.717, 1.165) is 18.9 Å². The molecule has 3 N–H and O–H groups in total. The molecule has 2 aromatic rings. The molecule has 2 heterocycles. The zero-order valence-corrected chi connectivity index (χ0v) is 18.8. The highest BCUT2D eigenvalue weighted by Gasteiger charge is 2.34. The van der Waals surface area contributed by atoms with E-state index in [4.69, 9.17) is 10.5 Å². The van der Waals surface area contributed by atoms with E-state index in [1.54, 1.807) is 6.92 Å². The number of anilines is 2. The summed E-state index contributed by atoms with van der Waals surface area (Å²) in [4.78, 5) is 18.5. The fraction of sp³-hybridized carbons (Fsp3) is 0.478. The van der Waals surface area contributed by atoms with Crippen molar-refractivity contribution < 1.29 is 27.1 Å². The zero-order chi connectivity index (χ0) is 24.3. The van der Waals surface area contributed by atoms with Gasteiger partial charge in [0, 0.05) is 25.2 Å². The van der Waals surface area contributed by atoms with Crippen molar-refractivity contribution in [2.24, 2.45) is 5.92 Å². The summed E-state index contributed by atoms with van der Waals surface area (Å²) in [6, 6.07) is 4.92. The molecule has 0 bridgehead atoms. The third-order valence-corrected chi connectivity index (χ3v) is 6.01. The van der Waals surface area contributed by atoms with E-state index in [-0.39, 0.29) is 23.8 Å². The number of halogens is 4. The van der Waals surface area contributed by atoms with Gasteiger partial charge in [-0.2, -0.15) is 13.2 Å². The second kappa shape index (κ2) is 9.84. The number of nitrogens with one attached hydrogen (secondary N) is 1. The van der Waals surface area contributed by atoms with Crippen LogP contribution < -0.4 is 20.7 Å². The highest BCUT2D eigenvalue weighted by Crippen LogP contribution is 2.33. The Kier molecular flexibility index (Phi) is 7.34. The number of amides is 1. The molecule has 10 heteroatoms. The van der Waals surface area contributed by atoms with Crippen molar-refractivity contribution >= 4 is 17.4 Å². The molecule has 1 amide bonds. The molecule has 1 aliphatic heterocycles. The molecular formula is C23H28F4N4O2. The Morgan fingerprint density at radius 1 is 1.30 bits per heavy atom. The average molecular weight is 468 g/mol. The van der Waals surface area contributed by atoms with Gasteiger partial charge in [0.05, 0.1) is 13.0 Å². The lowest BCUT2D eigenvalue weighted by molar-refractivity contribution is -0.141. The van der Waals surface area contributed by atoms with E-state index in [9.17, 15) is 22.4 Å². The van der Waals surface area contributed by atoms with E-state index < -0.39 is 29.5 Å². The number of piperidine rings is 1. The minimum absolute atomic E-state index is 0.00964. The van der Waals surface area contributed by atoms with Crippen LogP contribution >= 0.6 is 0 Å². The first kappa shape index (κ1) is 24.6. The maximum atomic E-state index is 14.1. The van der Waals surface area contributed by atoms with E-state index >= 15 is 0 Å². The number of pyridine rings is 1. The van der Waals surface area contributed by atoms with Gasteiger partial charge in [0.1, 0.15) is 28.8 Å². The van der Waals surface area contributed by atoms with Gasteiger partial charge in [-0.3, -0.25) is 4.79 Å². The van der Waals surface area contributed by atoms with Gasteiger partial charge in [0.2, 0.25) is 5.91 Å². The molecule has 0 spiro atoms. The summed E-state index contributed by atoms with van der Waals surface area (Å²) in [5.74, 6) is -1.01. The number of carbonyl (C=O) groups excluding carboxylic acids is 1. The van der Waals surface area contributed by atoms with E-state index in [0.29, 0.717) is 30.1 Å². The number of hydrogen-bond acceptors (Lipinski definition) is 5. The number of hydrogen-bond donors (Lipinski definition) is 2. The van der Waals surface area contributed by atoms with Crippen LogP contribution in [0, 0.1) is 11.7 Å². The Morgan fingerprint density at radius 3 is 2.58 bits per heavy atom. The molecule has 1 unspecified atom stereocenters. The average Bonchev–Trinajstić information content (AvgIpc) is 2.78. The SMILES string of the molecule is COc1cc(C(C)C(=O)NCc2ccc(C(F)(F)F)nc2N2CCC(C)CC2)cc(F)c1N. The molecule has 1 aromatic heterocycles. The van der Waals surface area contributed by atoms with Crippen molar-refractivity contribution in [3.05, 3.63) is 46.9 Å². The summed E-state index contributed by atoms with van der Waals surface area (Å²) in [7, 11) is 1.35. The summed E-state index contributed by atoms with van der Waals surface area (Å²) in [6.45, 7) is 4.88. The molecule has 180 valence electrons. The molecule has 0 radical (unpaired) electrons. The van der Waals surface area contributed by atoms with Crippen LogP contribution in [-0.2, 0) is 17.5 Å². The molecule has 6 nitrogen and oxygen atoms in total. The Labute approximate surface area is 190 Å². The van der Waals surface area contributed by atoms with Crippen molar-refractivity contribution in [3.63, 3.8) is 0 Å². The van der Waals surface area contributed by atoms with Crippen LogP contribution in [0.15, 0.2) is 24.3 Å². The highest BCUT2D eigenvalue weighted by atomic mass is 19.4. The number of alkyl halides is 3. The second-order valence-electron chi connectivity index (χ2n) is 8.40. The molecule has 33 heavy (non-hydrogen) atoms. The lowest BCUT2D eigenvalue weighted by Crippen LogP contribution is -2.35. The van der Waals surface area contributed by atoms with Crippen molar-refractivity contribution in [2.45, 2.75) is 45.3 Å². The second-order valence-corrected chi connectivity index (χ2v) is 8.40. The fourth-order valence-corrected chi connectivity index (χ4v) is 3.79. The molecule has 1 saturated heterocycles. The molecule has 1 aromatic carbocycles. The molecule has 1 aliphatic rings. The monoisotopic (exact) mass is 468 g/mol. The Bertz CT molecular complexity index is 1000. The zero-order valence-electron chi connectivity index (χ0n) is 18.8. The summed E-state index contributed by atoms with van der Waals surface area (Å²) in [5.41, 5.74) is 5.36. The predicted molar refractivity (Wildman–Crippen MR) is 117 cm³/mol. The van der Waals surface area contributed by atoms with E-state index in [2.05, 4.69) is 17.2 Å². The molecular weight excluding hydrogens is 440 g/mol. The van der Waals surface area contributed by atoms with Gasteiger partial charge in [0.25, 0.3) is 0 Å². The topological polar surface area (TPSA) is 80.5 Å². The quantitative estimate of drug-likeness (QED) is 0.483. The Morgan fingerprint density at radius 2 is 1.97 bits per heavy atom. The van der Waals surface area contributed by atoms with Crippen molar-refractivity contribution in [1.29, 1.82) is 0 Å². The summed E-state index contributed by atoms with van der Waals surface area (Å²) in [6.07, 6.45) is -2.86. The van der Waals surface area contributed by atoms with Crippen LogP contribution in [0.25, 0.3) is 0 Å². The number of methoxy groups -OCH3 is 1. The number of nitrogens with two attached hydrogens (primary N) is 1. The minimum atomic E-state index is -4.56. The third-order valence-electron chi connectivity index (χ3n) is 6.01. The summed E-state index contributed by atoms with van der Waals surface area (Å²) >= 11 is 0. The van der Waals surface area contributed by atoms with Crippen LogP contribution in [0.2, 0.25) is 0 Å². The van der Waals surface area contributed by atoms with Crippen LogP contribution in [0.3, 0.4) is 0 Å². The fourth-order valence-electron chi connectivity index (χ4n) is 3.79. The highest BCUT2D eigenvalue weighted by molar-refractivity contribution is 5.83. The lowest BCUT2D eigenvalue weighted by atomic mass is 9.98. The molecule has 3 rings (SSSR count). The first-order chi connectivity index (χ1) is 15.5. The number of nitrogen functional groups attached to an aromatic ring is 1.